The number of thioether (sulfide) groups is 1. The smallest absolute Gasteiger partial charge is 0.327 e. The summed E-state index contributed by atoms with van der Waals surface area (Å²) < 4.78 is 0. The van der Waals surface area contributed by atoms with Crippen LogP contribution in [0.5, 0.6) is 0 Å². The molecule has 0 radical (unpaired) electrons. The molecule has 0 aromatic carbocycles. The van der Waals surface area contributed by atoms with Crippen LogP contribution in [0.1, 0.15) is 6.92 Å². The molecule has 3 N–H and O–H groups in total. The van der Waals surface area contributed by atoms with E-state index in [2.05, 4.69) is 11.9 Å². The quantitative estimate of drug-likeness (QED) is 0.533. The molecule has 2 atom stereocenters. The lowest BCUT2D eigenvalue weighted by Gasteiger charge is -2.13. The van der Waals surface area contributed by atoms with Gasteiger partial charge in [0.2, 0.25) is 5.91 Å². The summed E-state index contributed by atoms with van der Waals surface area (Å²) in [5, 5.41) is 20.2. The number of carboxylic acid groups (broad SMARTS) is 1. The molecule has 0 unspecified atom stereocenters. The van der Waals surface area contributed by atoms with E-state index in [1.807, 2.05) is 0 Å². The van der Waals surface area contributed by atoms with Crippen molar-refractivity contribution >= 4 is 23.6 Å². The summed E-state index contributed by atoms with van der Waals surface area (Å²) in [7, 11) is 0. The Labute approximate surface area is 92.6 Å². The maximum Gasteiger partial charge on any atom is 0.327 e. The first-order valence-electron chi connectivity index (χ1n) is 4.35. The molecule has 0 saturated carbocycles. The van der Waals surface area contributed by atoms with E-state index in [0.717, 1.165) is 0 Å². The van der Waals surface area contributed by atoms with Crippen LogP contribution in [0.15, 0.2) is 12.7 Å². The second-order valence-electron chi connectivity index (χ2n) is 2.93. The molecule has 15 heavy (non-hydrogen) atoms. The third-order valence-corrected chi connectivity index (χ3v) is 2.67. The SMILES string of the molecule is C=C[C@@H](O)CSC[C@H](NC(C)=O)C(=O)O. The minimum atomic E-state index is -1.08. The van der Waals surface area contributed by atoms with Crippen LogP contribution >= 0.6 is 11.8 Å². The molecule has 0 bridgehead atoms. The zero-order valence-corrected chi connectivity index (χ0v) is 9.29. The van der Waals surface area contributed by atoms with E-state index in [1.165, 1.54) is 24.8 Å². The molecule has 0 spiro atoms. The Morgan fingerprint density at radius 3 is 2.53 bits per heavy atom. The average Bonchev–Trinajstić information content (AvgIpc) is 2.15. The minimum Gasteiger partial charge on any atom is -0.480 e. The van der Waals surface area contributed by atoms with Gasteiger partial charge in [-0.15, -0.1) is 6.58 Å². The zero-order valence-electron chi connectivity index (χ0n) is 8.47. The van der Waals surface area contributed by atoms with Gasteiger partial charge in [0.15, 0.2) is 0 Å². The molecule has 0 fully saturated rings. The maximum absolute atomic E-state index is 10.7. The molecule has 0 aliphatic carbocycles. The van der Waals surface area contributed by atoms with Gasteiger partial charge < -0.3 is 15.5 Å². The average molecular weight is 233 g/mol. The van der Waals surface area contributed by atoms with Crippen LogP contribution in [0.25, 0.3) is 0 Å². The van der Waals surface area contributed by atoms with Gasteiger partial charge in [-0.1, -0.05) is 6.08 Å². The van der Waals surface area contributed by atoms with Gasteiger partial charge in [0.1, 0.15) is 6.04 Å². The molecule has 0 aliphatic heterocycles. The largest absolute Gasteiger partial charge is 0.480 e. The predicted octanol–water partition coefficient (Wildman–Crippen LogP) is -0.144. The Balaban J connectivity index is 3.91. The highest BCUT2D eigenvalue weighted by Gasteiger charge is 2.18. The Bertz CT molecular complexity index is 244. The fourth-order valence-corrected chi connectivity index (χ4v) is 1.77. The third-order valence-electron chi connectivity index (χ3n) is 1.52. The second kappa shape index (κ2) is 7.30. The summed E-state index contributed by atoms with van der Waals surface area (Å²) in [6.45, 7) is 4.66. The Morgan fingerprint density at radius 1 is 1.53 bits per heavy atom. The normalized spacial score (nSPS) is 14.0. The van der Waals surface area contributed by atoms with Gasteiger partial charge in [-0.3, -0.25) is 4.79 Å². The first-order valence-corrected chi connectivity index (χ1v) is 5.51. The van der Waals surface area contributed by atoms with Crippen LogP contribution in [0, 0.1) is 0 Å². The lowest BCUT2D eigenvalue weighted by Crippen LogP contribution is -2.41. The highest BCUT2D eigenvalue weighted by atomic mass is 32.2. The first kappa shape index (κ1) is 14.0. The summed E-state index contributed by atoms with van der Waals surface area (Å²) in [4.78, 5) is 21.3. The Hall–Kier alpha value is -1.01. The second-order valence-corrected chi connectivity index (χ2v) is 4.01. The highest BCUT2D eigenvalue weighted by Crippen LogP contribution is 2.06. The number of carbonyl (C=O) groups excluding carboxylic acids is 1. The topological polar surface area (TPSA) is 86.6 Å². The van der Waals surface area contributed by atoms with Crippen molar-refractivity contribution in [1.29, 1.82) is 0 Å². The van der Waals surface area contributed by atoms with Crippen molar-refractivity contribution in [2.24, 2.45) is 0 Å². The van der Waals surface area contributed by atoms with Gasteiger partial charge >= 0.3 is 5.97 Å². The maximum atomic E-state index is 10.7. The number of carboxylic acids is 1. The molecule has 5 nitrogen and oxygen atoms in total. The van der Waals surface area contributed by atoms with E-state index >= 15 is 0 Å². The molecule has 0 aromatic rings. The number of aliphatic carboxylic acids is 1. The molecular weight excluding hydrogens is 218 g/mol. The predicted molar refractivity (Wildman–Crippen MR) is 58.8 cm³/mol. The number of hydrogen-bond donors (Lipinski definition) is 3. The summed E-state index contributed by atoms with van der Waals surface area (Å²) in [6.07, 6.45) is 0.725. The summed E-state index contributed by atoms with van der Waals surface area (Å²) in [5.41, 5.74) is 0. The van der Waals surface area contributed by atoms with Crippen molar-refractivity contribution in [3.8, 4) is 0 Å². The van der Waals surface area contributed by atoms with E-state index in [9.17, 15) is 9.59 Å². The fraction of sp³-hybridized carbons (Fsp3) is 0.556. The van der Waals surface area contributed by atoms with Crippen LogP contribution in [-0.4, -0.2) is 45.7 Å². The van der Waals surface area contributed by atoms with Crippen molar-refractivity contribution in [1.82, 2.24) is 5.32 Å². The lowest BCUT2D eigenvalue weighted by molar-refractivity contribution is -0.140. The number of rotatable bonds is 7. The van der Waals surface area contributed by atoms with E-state index in [1.54, 1.807) is 0 Å². The van der Waals surface area contributed by atoms with Gasteiger partial charge in [-0.2, -0.15) is 11.8 Å². The third kappa shape index (κ3) is 6.98. The molecule has 0 aliphatic rings. The molecule has 6 heteroatoms. The van der Waals surface area contributed by atoms with Gasteiger partial charge in [-0.05, 0) is 0 Å². The van der Waals surface area contributed by atoms with E-state index < -0.39 is 18.1 Å². The summed E-state index contributed by atoms with van der Waals surface area (Å²) in [6, 6.07) is -0.912. The van der Waals surface area contributed by atoms with E-state index in [0.29, 0.717) is 5.75 Å². The molecule has 1 amide bonds. The van der Waals surface area contributed by atoms with E-state index in [4.69, 9.17) is 10.2 Å². The van der Waals surface area contributed by atoms with Crippen LogP contribution in [0.2, 0.25) is 0 Å². The summed E-state index contributed by atoms with van der Waals surface area (Å²) in [5.74, 6) is -0.870. The molecule has 86 valence electrons. The lowest BCUT2D eigenvalue weighted by atomic mass is 10.3. The molecule has 0 saturated heterocycles. The molecule has 0 aromatic heterocycles. The molecule has 0 heterocycles. The van der Waals surface area contributed by atoms with Gasteiger partial charge in [0, 0.05) is 18.4 Å². The monoisotopic (exact) mass is 233 g/mol. The van der Waals surface area contributed by atoms with E-state index in [-0.39, 0.29) is 11.7 Å². The zero-order chi connectivity index (χ0) is 11.8. The van der Waals surface area contributed by atoms with Crippen molar-refractivity contribution in [2.75, 3.05) is 11.5 Å². The van der Waals surface area contributed by atoms with Crippen molar-refractivity contribution in [3.63, 3.8) is 0 Å². The van der Waals surface area contributed by atoms with Crippen LogP contribution in [0.3, 0.4) is 0 Å². The number of carbonyl (C=O) groups is 2. The fourth-order valence-electron chi connectivity index (χ4n) is 0.795. The standard InChI is InChI=1S/C9H15NO4S/c1-3-7(12)4-15-5-8(9(13)14)10-6(2)11/h3,7-8,12H,1,4-5H2,2H3,(H,10,11)(H,13,14)/t7-,8+/m1/s1. The Kier molecular flexibility index (Phi) is 6.81. The van der Waals surface area contributed by atoms with Gasteiger partial charge in [0.25, 0.3) is 0 Å². The minimum absolute atomic E-state index is 0.222. The number of aliphatic hydroxyl groups excluding tert-OH is 1. The van der Waals surface area contributed by atoms with Gasteiger partial charge in [-0.25, -0.2) is 4.79 Å². The number of hydrogen-bond acceptors (Lipinski definition) is 4. The van der Waals surface area contributed by atoms with Crippen molar-refractivity contribution < 1.29 is 19.8 Å². The number of amides is 1. The van der Waals surface area contributed by atoms with Crippen LogP contribution in [0.4, 0.5) is 0 Å². The van der Waals surface area contributed by atoms with Crippen molar-refractivity contribution in [2.45, 2.75) is 19.1 Å². The van der Waals surface area contributed by atoms with Crippen molar-refractivity contribution in [3.05, 3.63) is 12.7 Å². The number of aliphatic hydroxyl groups is 1. The van der Waals surface area contributed by atoms with Gasteiger partial charge in [0.05, 0.1) is 6.10 Å². The van der Waals surface area contributed by atoms with Crippen LogP contribution in [-0.2, 0) is 9.59 Å². The Morgan fingerprint density at radius 2 is 2.13 bits per heavy atom. The number of nitrogens with one attached hydrogen (secondary N) is 1. The summed E-state index contributed by atoms with van der Waals surface area (Å²) >= 11 is 1.25. The van der Waals surface area contributed by atoms with Crippen LogP contribution < -0.4 is 5.32 Å². The molecular formula is C9H15NO4S. The highest BCUT2D eigenvalue weighted by molar-refractivity contribution is 7.99. The molecule has 0 rings (SSSR count). The first-order chi connectivity index (χ1) is 6.97.